The second kappa shape index (κ2) is 9.43. The highest BCUT2D eigenvalue weighted by Gasteiger charge is 2.08. The van der Waals surface area contributed by atoms with Gasteiger partial charge in [0.1, 0.15) is 0 Å². The van der Waals surface area contributed by atoms with Gasteiger partial charge in [-0.15, -0.1) is 6.58 Å². The number of nitrogens with two attached hydrogens (primary N) is 1. The Morgan fingerprint density at radius 3 is 2.55 bits per heavy atom. The second-order valence-corrected chi connectivity index (χ2v) is 5.08. The average molecular weight is 277 g/mol. The maximum atomic E-state index is 6.19. The van der Waals surface area contributed by atoms with Gasteiger partial charge in [-0.25, -0.2) is 0 Å². The van der Waals surface area contributed by atoms with Crippen LogP contribution in [0.15, 0.2) is 30.9 Å². The number of allylic oxidation sites excluding steroid dienone is 1. The Morgan fingerprint density at radius 2 is 1.90 bits per heavy atom. The van der Waals surface area contributed by atoms with Gasteiger partial charge in [-0.3, -0.25) is 0 Å². The van der Waals surface area contributed by atoms with Gasteiger partial charge in [-0.2, -0.15) is 0 Å². The van der Waals surface area contributed by atoms with Crippen LogP contribution in [0.1, 0.15) is 37.7 Å². The summed E-state index contributed by atoms with van der Waals surface area (Å²) in [5.74, 6) is 1.53. The Balaban J connectivity index is 2.41. The molecule has 3 heteroatoms. The first-order chi connectivity index (χ1) is 9.71. The van der Waals surface area contributed by atoms with E-state index in [0.29, 0.717) is 0 Å². The number of hydrogen-bond donors (Lipinski definition) is 1. The zero-order valence-electron chi connectivity index (χ0n) is 12.7. The third-order valence-electron chi connectivity index (χ3n) is 3.43. The highest BCUT2D eigenvalue weighted by Crippen LogP contribution is 2.28. The van der Waals surface area contributed by atoms with Crippen LogP contribution in [-0.2, 0) is 6.42 Å². The molecule has 0 amide bonds. The van der Waals surface area contributed by atoms with Gasteiger partial charge in [0, 0.05) is 6.04 Å². The topological polar surface area (TPSA) is 44.5 Å². The highest BCUT2D eigenvalue weighted by molar-refractivity contribution is 5.43. The minimum absolute atomic E-state index is 0.205. The first kappa shape index (κ1) is 16.6. The third kappa shape index (κ3) is 5.66. The van der Waals surface area contributed by atoms with Gasteiger partial charge >= 0.3 is 0 Å². The molecular weight excluding hydrogens is 250 g/mol. The van der Waals surface area contributed by atoms with Crippen molar-refractivity contribution in [2.75, 3.05) is 14.2 Å². The monoisotopic (exact) mass is 277 g/mol. The number of ether oxygens (including phenoxy) is 2. The maximum Gasteiger partial charge on any atom is 0.160 e. The van der Waals surface area contributed by atoms with Crippen molar-refractivity contribution in [1.29, 1.82) is 0 Å². The molecule has 1 aromatic carbocycles. The van der Waals surface area contributed by atoms with Gasteiger partial charge in [0.25, 0.3) is 0 Å². The van der Waals surface area contributed by atoms with E-state index >= 15 is 0 Å². The molecule has 2 N–H and O–H groups in total. The van der Waals surface area contributed by atoms with Crippen LogP contribution < -0.4 is 15.2 Å². The van der Waals surface area contributed by atoms with Crippen LogP contribution in [0, 0.1) is 0 Å². The number of unbranched alkanes of at least 4 members (excludes halogenated alkanes) is 3. The lowest BCUT2D eigenvalue weighted by Gasteiger charge is -2.13. The van der Waals surface area contributed by atoms with Crippen molar-refractivity contribution in [2.24, 2.45) is 5.73 Å². The second-order valence-electron chi connectivity index (χ2n) is 5.08. The number of rotatable bonds is 10. The molecule has 0 saturated carbocycles. The Bertz CT molecular complexity index is 404. The lowest BCUT2D eigenvalue weighted by molar-refractivity contribution is 0.354. The van der Waals surface area contributed by atoms with Crippen LogP contribution in [0.25, 0.3) is 0 Å². The molecule has 0 bridgehead atoms. The van der Waals surface area contributed by atoms with Crippen molar-refractivity contribution in [1.82, 2.24) is 0 Å². The molecule has 112 valence electrons. The van der Waals surface area contributed by atoms with Crippen LogP contribution in [0.4, 0.5) is 0 Å². The molecule has 0 spiro atoms. The predicted octanol–water partition coefficient (Wildman–Crippen LogP) is 3.71. The fourth-order valence-electron chi connectivity index (χ4n) is 2.28. The van der Waals surface area contributed by atoms with E-state index in [9.17, 15) is 0 Å². The Labute approximate surface area is 122 Å². The first-order valence-electron chi connectivity index (χ1n) is 7.28. The molecule has 0 aliphatic rings. The molecule has 1 unspecified atom stereocenters. The molecule has 3 nitrogen and oxygen atoms in total. The van der Waals surface area contributed by atoms with E-state index in [1.807, 2.05) is 18.2 Å². The Morgan fingerprint density at radius 1 is 1.15 bits per heavy atom. The molecular formula is C17H27NO2. The first-order valence-corrected chi connectivity index (χ1v) is 7.28. The van der Waals surface area contributed by atoms with E-state index in [1.54, 1.807) is 14.2 Å². The minimum Gasteiger partial charge on any atom is -0.493 e. The van der Waals surface area contributed by atoms with Gasteiger partial charge in [0.05, 0.1) is 14.2 Å². The van der Waals surface area contributed by atoms with Crippen molar-refractivity contribution in [3.63, 3.8) is 0 Å². The SMILES string of the molecule is C=CCCCCCC(N)Cc1ccc(OC)c(OC)c1. The zero-order chi connectivity index (χ0) is 14.8. The van der Waals surface area contributed by atoms with E-state index < -0.39 is 0 Å². The van der Waals surface area contributed by atoms with Crippen molar-refractivity contribution in [3.8, 4) is 11.5 Å². The van der Waals surface area contributed by atoms with Crippen molar-refractivity contribution in [3.05, 3.63) is 36.4 Å². The van der Waals surface area contributed by atoms with E-state index in [1.165, 1.54) is 24.8 Å². The van der Waals surface area contributed by atoms with E-state index in [2.05, 4.69) is 12.6 Å². The lowest BCUT2D eigenvalue weighted by Crippen LogP contribution is -2.22. The molecule has 0 heterocycles. The molecule has 0 aliphatic carbocycles. The number of benzene rings is 1. The summed E-state index contributed by atoms with van der Waals surface area (Å²) in [6.07, 6.45) is 8.64. The summed E-state index contributed by atoms with van der Waals surface area (Å²) in [6.45, 7) is 3.73. The van der Waals surface area contributed by atoms with Crippen LogP contribution >= 0.6 is 0 Å². The van der Waals surface area contributed by atoms with E-state index in [0.717, 1.165) is 30.8 Å². The molecule has 0 radical (unpaired) electrons. The number of hydrogen-bond acceptors (Lipinski definition) is 3. The fourth-order valence-corrected chi connectivity index (χ4v) is 2.28. The van der Waals surface area contributed by atoms with Gasteiger partial charge in [-0.1, -0.05) is 25.0 Å². The summed E-state index contributed by atoms with van der Waals surface area (Å²) in [5.41, 5.74) is 7.39. The van der Waals surface area contributed by atoms with Crippen LogP contribution in [0.5, 0.6) is 11.5 Å². The fraction of sp³-hybridized carbons (Fsp3) is 0.529. The quantitative estimate of drug-likeness (QED) is 0.524. The standard InChI is InChI=1S/C17H27NO2/c1-4-5-6-7-8-9-15(18)12-14-10-11-16(19-2)17(13-14)20-3/h4,10-11,13,15H,1,5-9,12,18H2,2-3H3. The Hall–Kier alpha value is -1.48. The molecule has 0 aromatic heterocycles. The van der Waals surface area contributed by atoms with E-state index in [-0.39, 0.29) is 6.04 Å². The summed E-state index contributed by atoms with van der Waals surface area (Å²) in [5, 5.41) is 0. The normalized spacial score (nSPS) is 11.9. The van der Waals surface area contributed by atoms with Crippen molar-refractivity contribution in [2.45, 2.75) is 44.6 Å². The van der Waals surface area contributed by atoms with Crippen molar-refractivity contribution < 1.29 is 9.47 Å². The molecule has 1 rings (SSSR count). The predicted molar refractivity (Wildman–Crippen MR) is 84.5 cm³/mol. The summed E-state index contributed by atoms with van der Waals surface area (Å²) in [4.78, 5) is 0. The lowest BCUT2D eigenvalue weighted by atomic mass is 10.0. The van der Waals surface area contributed by atoms with Crippen LogP contribution in [-0.4, -0.2) is 20.3 Å². The smallest absolute Gasteiger partial charge is 0.160 e. The zero-order valence-corrected chi connectivity index (χ0v) is 12.7. The maximum absolute atomic E-state index is 6.19. The molecule has 0 saturated heterocycles. The Kier molecular flexibility index (Phi) is 7.81. The minimum atomic E-state index is 0.205. The van der Waals surface area contributed by atoms with Crippen LogP contribution in [0.2, 0.25) is 0 Å². The molecule has 20 heavy (non-hydrogen) atoms. The summed E-state index contributed by atoms with van der Waals surface area (Å²) >= 11 is 0. The third-order valence-corrected chi connectivity index (χ3v) is 3.43. The van der Waals surface area contributed by atoms with Gasteiger partial charge in [-0.05, 0) is 43.4 Å². The summed E-state index contributed by atoms with van der Waals surface area (Å²) in [7, 11) is 3.30. The largest absolute Gasteiger partial charge is 0.493 e. The molecule has 0 aliphatic heterocycles. The van der Waals surface area contributed by atoms with Crippen LogP contribution in [0.3, 0.4) is 0 Å². The van der Waals surface area contributed by atoms with Crippen molar-refractivity contribution >= 4 is 0 Å². The molecule has 1 aromatic rings. The van der Waals surface area contributed by atoms with Gasteiger partial charge in [0.2, 0.25) is 0 Å². The number of methoxy groups -OCH3 is 2. The van der Waals surface area contributed by atoms with Gasteiger partial charge in [0.15, 0.2) is 11.5 Å². The average Bonchev–Trinajstić information content (AvgIpc) is 2.46. The summed E-state index contributed by atoms with van der Waals surface area (Å²) in [6, 6.07) is 6.21. The van der Waals surface area contributed by atoms with E-state index in [4.69, 9.17) is 15.2 Å². The van der Waals surface area contributed by atoms with Gasteiger partial charge < -0.3 is 15.2 Å². The highest BCUT2D eigenvalue weighted by atomic mass is 16.5. The summed E-state index contributed by atoms with van der Waals surface area (Å²) < 4.78 is 10.5. The molecule has 0 fully saturated rings. The molecule has 1 atom stereocenters.